The van der Waals surface area contributed by atoms with E-state index in [0.717, 1.165) is 29.5 Å². The Balaban J connectivity index is 1.41. The van der Waals surface area contributed by atoms with Crippen LogP contribution in [0.4, 0.5) is 5.69 Å². The van der Waals surface area contributed by atoms with Crippen molar-refractivity contribution in [2.45, 2.75) is 25.8 Å². The third-order valence-corrected chi connectivity index (χ3v) is 4.62. The summed E-state index contributed by atoms with van der Waals surface area (Å²) in [6.07, 6.45) is 1.96. The second kappa shape index (κ2) is 6.67. The molecule has 0 spiro atoms. The van der Waals surface area contributed by atoms with Crippen molar-refractivity contribution in [3.05, 3.63) is 65.9 Å². The van der Waals surface area contributed by atoms with Gasteiger partial charge >= 0.3 is 0 Å². The molecule has 1 atom stereocenters. The summed E-state index contributed by atoms with van der Waals surface area (Å²) in [6, 6.07) is 16.6. The molecule has 1 aliphatic rings. The van der Waals surface area contributed by atoms with Crippen LogP contribution in [-0.4, -0.2) is 11.8 Å². The quantitative estimate of drug-likeness (QED) is 0.723. The second-order valence-electron chi connectivity index (χ2n) is 6.73. The van der Waals surface area contributed by atoms with Crippen LogP contribution < -0.4 is 10.6 Å². The molecule has 0 saturated heterocycles. The third-order valence-electron chi connectivity index (χ3n) is 4.62. The molecular weight excluding hydrogens is 328 g/mol. The molecular formula is C21H20N2O3. The van der Waals surface area contributed by atoms with E-state index in [1.54, 1.807) is 6.07 Å². The van der Waals surface area contributed by atoms with E-state index in [9.17, 15) is 9.59 Å². The number of anilines is 1. The Morgan fingerprint density at radius 2 is 1.81 bits per heavy atom. The van der Waals surface area contributed by atoms with Gasteiger partial charge < -0.3 is 15.1 Å². The molecule has 4 rings (SSSR count). The van der Waals surface area contributed by atoms with Gasteiger partial charge in [0.1, 0.15) is 5.58 Å². The summed E-state index contributed by atoms with van der Waals surface area (Å²) in [5.41, 5.74) is 2.43. The maximum atomic E-state index is 12.4. The molecule has 1 aliphatic carbocycles. The first-order valence-electron chi connectivity index (χ1n) is 8.80. The summed E-state index contributed by atoms with van der Waals surface area (Å²) in [6.45, 7) is 1.92. The molecule has 5 heteroatoms. The van der Waals surface area contributed by atoms with E-state index in [0.29, 0.717) is 11.3 Å². The van der Waals surface area contributed by atoms with Gasteiger partial charge in [0.15, 0.2) is 5.76 Å². The Hall–Kier alpha value is -3.08. The number of carbonyl (C=O) groups is 2. The fourth-order valence-electron chi connectivity index (χ4n) is 2.89. The van der Waals surface area contributed by atoms with E-state index in [2.05, 4.69) is 10.6 Å². The molecule has 26 heavy (non-hydrogen) atoms. The van der Waals surface area contributed by atoms with Gasteiger partial charge in [0.05, 0.1) is 6.04 Å². The van der Waals surface area contributed by atoms with Crippen molar-refractivity contribution >= 4 is 28.5 Å². The van der Waals surface area contributed by atoms with Gasteiger partial charge in [-0.1, -0.05) is 30.3 Å². The number of furan rings is 1. The van der Waals surface area contributed by atoms with Crippen LogP contribution in [0.15, 0.2) is 59.0 Å². The Labute approximate surface area is 151 Å². The molecule has 3 aromatic rings. The van der Waals surface area contributed by atoms with Gasteiger partial charge in [-0.25, -0.2) is 0 Å². The Bertz CT molecular complexity index is 922. The summed E-state index contributed by atoms with van der Waals surface area (Å²) >= 11 is 0. The van der Waals surface area contributed by atoms with Crippen LogP contribution in [0.3, 0.4) is 0 Å². The van der Waals surface area contributed by atoms with E-state index >= 15 is 0 Å². The molecule has 1 aromatic heterocycles. The van der Waals surface area contributed by atoms with Gasteiger partial charge in [0.2, 0.25) is 5.91 Å². The number of carbonyl (C=O) groups excluding carboxylic acids is 2. The highest BCUT2D eigenvalue weighted by Gasteiger charge is 2.29. The molecule has 1 unspecified atom stereocenters. The van der Waals surface area contributed by atoms with Gasteiger partial charge in [0, 0.05) is 17.0 Å². The molecule has 2 aromatic carbocycles. The van der Waals surface area contributed by atoms with Crippen molar-refractivity contribution in [2.75, 3.05) is 5.32 Å². The molecule has 5 nitrogen and oxygen atoms in total. The van der Waals surface area contributed by atoms with Crippen LogP contribution in [0.5, 0.6) is 0 Å². The van der Waals surface area contributed by atoms with Crippen LogP contribution in [0.2, 0.25) is 0 Å². The van der Waals surface area contributed by atoms with Gasteiger partial charge in [-0.05, 0) is 49.6 Å². The predicted molar refractivity (Wildman–Crippen MR) is 99.9 cm³/mol. The summed E-state index contributed by atoms with van der Waals surface area (Å²) in [5, 5.41) is 6.76. The number of amides is 2. The highest BCUT2D eigenvalue weighted by Crippen LogP contribution is 2.30. The average Bonchev–Trinajstić information content (AvgIpc) is 3.41. The van der Waals surface area contributed by atoms with E-state index < -0.39 is 0 Å². The number of hydrogen-bond acceptors (Lipinski definition) is 3. The summed E-state index contributed by atoms with van der Waals surface area (Å²) < 4.78 is 5.60. The van der Waals surface area contributed by atoms with Gasteiger partial charge in [-0.3, -0.25) is 9.59 Å². The molecule has 1 fully saturated rings. The predicted octanol–water partition coefficient (Wildman–Crippen LogP) is 4.27. The molecule has 0 aliphatic heterocycles. The number of fused-ring (bicyclic) bond motifs is 1. The minimum atomic E-state index is -0.250. The normalized spacial score (nSPS) is 14.8. The minimum absolute atomic E-state index is 0.0870. The van der Waals surface area contributed by atoms with Gasteiger partial charge in [-0.15, -0.1) is 0 Å². The topological polar surface area (TPSA) is 71.3 Å². The molecule has 2 N–H and O–H groups in total. The Morgan fingerprint density at radius 1 is 1.08 bits per heavy atom. The smallest absolute Gasteiger partial charge is 0.287 e. The number of para-hydroxylation sites is 1. The van der Waals surface area contributed by atoms with Crippen molar-refractivity contribution < 1.29 is 14.0 Å². The molecule has 1 heterocycles. The lowest BCUT2D eigenvalue weighted by Gasteiger charge is -2.14. The monoisotopic (exact) mass is 348 g/mol. The van der Waals surface area contributed by atoms with E-state index in [1.807, 2.05) is 55.5 Å². The standard InChI is InChI=1S/C21H20N2O3/c1-13(14-8-10-17(11-9-14)23-20(24)15-6-7-15)22-21(25)19-12-16-4-2-3-5-18(16)26-19/h2-5,8-13,15H,6-7H2,1H3,(H,22,25)(H,23,24). The lowest BCUT2D eigenvalue weighted by atomic mass is 10.1. The first-order chi connectivity index (χ1) is 12.6. The summed E-state index contributed by atoms with van der Waals surface area (Å²) in [7, 11) is 0. The zero-order valence-corrected chi connectivity index (χ0v) is 14.5. The zero-order valence-electron chi connectivity index (χ0n) is 14.5. The number of rotatable bonds is 5. The maximum Gasteiger partial charge on any atom is 0.287 e. The van der Waals surface area contributed by atoms with Crippen molar-refractivity contribution in [2.24, 2.45) is 5.92 Å². The Kier molecular flexibility index (Phi) is 4.21. The van der Waals surface area contributed by atoms with Crippen LogP contribution in [0.1, 0.15) is 41.9 Å². The van der Waals surface area contributed by atoms with E-state index in [4.69, 9.17) is 4.42 Å². The molecule has 132 valence electrons. The lowest BCUT2D eigenvalue weighted by molar-refractivity contribution is -0.117. The highest BCUT2D eigenvalue weighted by molar-refractivity contribution is 5.96. The van der Waals surface area contributed by atoms with Gasteiger partial charge in [0.25, 0.3) is 5.91 Å². The molecule has 2 amide bonds. The fourth-order valence-corrected chi connectivity index (χ4v) is 2.89. The van der Waals surface area contributed by atoms with Crippen LogP contribution >= 0.6 is 0 Å². The third kappa shape index (κ3) is 3.47. The minimum Gasteiger partial charge on any atom is -0.451 e. The van der Waals surface area contributed by atoms with E-state index in [1.165, 1.54) is 0 Å². The van der Waals surface area contributed by atoms with Crippen molar-refractivity contribution in [3.63, 3.8) is 0 Å². The lowest BCUT2D eigenvalue weighted by Crippen LogP contribution is -2.26. The Morgan fingerprint density at radius 3 is 2.50 bits per heavy atom. The molecule has 0 radical (unpaired) electrons. The SMILES string of the molecule is CC(NC(=O)c1cc2ccccc2o1)c1ccc(NC(=O)C2CC2)cc1. The summed E-state index contributed by atoms with van der Waals surface area (Å²) in [5.74, 6) is 0.312. The number of benzene rings is 2. The first-order valence-corrected chi connectivity index (χ1v) is 8.80. The van der Waals surface area contributed by atoms with E-state index in [-0.39, 0.29) is 23.8 Å². The summed E-state index contributed by atoms with van der Waals surface area (Å²) in [4.78, 5) is 24.2. The fraction of sp³-hybridized carbons (Fsp3) is 0.238. The number of hydrogen-bond donors (Lipinski definition) is 2. The maximum absolute atomic E-state index is 12.4. The number of nitrogens with one attached hydrogen (secondary N) is 2. The van der Waals surface area contributed by atoms with Crippen molar-refractivity contribution in [3.8, 4) is 0 Å². The highest BCUT2D eigenvalue weighted by atomic mass is 16.3. The molecule has 1 saturated carbocycles. The van der Waals surface area contributed by atoms with Crippen molar-refractivity contribution in [1.29, 1.82) is 0 Å². The van der Waals surface area contributed by atoms with Crippen molar-refractivity contribution in [1.82, 2.24) is 5.32 Å². The van der Waals surface area contributed by atoms with Gasteiger partial charge in [-0.2, -0.15) is 0 Å². The van der Waals surface area contributed by atoms with Crippen LogP contribution in [-0.2, 0) is 4.79 Å². The average molecular weight is 348 g/mol. The zero-order chi connectivity index (χ0) is 18.1. The molecule has 0 bridgehead atoms. The second-order valence-corrected chi connectivity index (χ2v) is 6.73. The first kappa shape index (κ1) is 16.4. The van der Waals surface area contributed by atoms with Crippen LogP contribution in [0, 0.1) is 5.92 Å². The largest absolute Gasteiger partial charge is 0.451 e. The van der Waals surface area contributed by atoms with Crippen LogP contribution in [0.25, 0.3) is 11.0 Å².